The molecule has 0 aliphatic rings. The number of aromatic nitrogens is 1. The minimum absolute atomic E-state index is 0.0979. The highest BCUT2D eigenvalue weighted by Gasteiger charge is 2.04. The van der Waals surface area contributed by atoms with Gasteiger partial charge in [0.2, 0.25) is 0 Å². The molecule has 0 radical (unpaired) electrons. The summed E-state index contributed by atoms with van der Waals surface area (Å²) in [5.74, 6) is 0. The third-order valence-electron chi connectivity index (χ3n) is 2.67. The first-order chi connectivity index (χ1) is 7.75. The fraction of sp³-hybridized carbons (Fsp3) is 0. The van der Waals surface area contributed by atoms with Crippen molar-refractivity contribution in [1.82, 2.24) is 4.98 Å². The number of benzene rings is 2. The van der Waals surface area contributed by atoms with Gasteiger partial charge >= 0.3 is 0 Å². The van der Waals surface area contributed by atoms with E-state index in [1.54, 1.807) is 0 Å². The number of rotatable bonds is 0. The Kier molecular flexibility index (Phi) is 2.21. The number of hydrogen-bond donors (Lipinski definition) is 1. The normalized spacial score (nSPS) is 11.1. The van der Waals surface area contributed by atoms with E-state index < -0.39 is 0 Å². The molecule has 0 saturated heterocycles. The van der Waals surface area contributed by atoms with E-state index in [0.29, 0.717) is 0 Å². The largest absolute Gasteiger partial charge is 0.354 e. The Balaban J connectivity index is 2.61. The Morgan fingerprint density at radius 2 is 1.69 bits per heavy atom. The van der Waals surface area contributed by atoms with Gasteiger partial charge in [0.1, 0.15) is 0 Å². The zero-order valence-corrected chi connectivity index (χ0v) is 10.5. The average molecular weight is 321 g/mol. The van der Waals surface area contributed by atoms with Gasteiger partial charge < -0.3 is 4.98 Å². The van der Waals surface area contributed by atoms with Gasteiger partial charge in [-0.15, -0.1) is 0 Å². The lowest BCUT2D eigenvalue weighted by molar-refractivity contribution is 1.47. The summed E-state index contributed by atoms with van der Waals surface area (Å²) in [5.41, 5.74) is 1.89. The fourth-order valence-electron chi connectivity index (χ4n) is 1.90. The van der Waals surface area contributed by atoms with Crippen molar-refractivity contribution in [2.75, 3.05) is 0 Å². The third-order valence-corrected chi connectivity index (χ3v) is 3.34. The Hall–Kier alpha value is -1.36. The quantitative estimate of drug-likeness (QED) is 0.500. The Morgan fingerprint density at radius 3 is 2.56 bits per heavy atom. The van der Waals surface area contributed by atoms with Gasteiger partial charge in [0, 0.05) is 19.9 Å². The van der Waals surface area contributed by atoms with E-state index in [-0.39, 0.29) is 5.43 Å². The van der Waals surface area contributed by atoms with Crippen molar-refractivity contribution in [2.45, 2.75) is 0 Å². The first-order valence-electron chi connectivity index (χ1n) is 4.96. The van der Waals surface area contributed by atoms with Crippen molar-refractivity contribution in [3.05, 3.63) is 56.3 Å². The van der Waals surface area contributed by atoms with Gasteiger partial charge in [-0.3, -0.25) is 4.79 Å². The van der Waals surface area contributed by atoms with Crippen molar-refractivity contribution in [2.24, 2.45) is 0 Å². The van der Waals surface area contributed by atoms with E-state index in [9.17, 15) is 4.79 Å². The first kappa shape index (κ1) is 9.84. The van der Waals surface area contributed by atoms with Crippen LogP contribution in [0.5, 0.6) is 0 Å². The molecule has 0 unspecified atom stereocenters. The van der Waals surface area contributed by atoms with Crippen LogP contribution in [0.15, 0.2) is 47.3 Å². The average Bonchev–Trinajstić information content (AvgIpc) is 2.29. The molecule has 78 valence electrons. The number of para-hydroxylation sites is 1. The lowest BCUT2D eigenvalue weighted by Gasteiger charge is -2.02. The number of halogens is 1. The fourth-order valence-corrected chi connectivity index (χ4v) is 2.39. The molecule has 0 spiro atoms. The van der Waals surface area contributed by atoms with Crippen LogP contribution in [0.25, 0.3) is 21.8 Å². The van der Waals surface area contributed by atoms with Crippen LogP contribution < -0.4 is 5.43 Å². The van der Waals surface area contributed by atoms with Gasteiger partial charge in [0.05, 0.1) is 5.52 Å². The predicted molar refractivity (Wildman–Crippen MR) is 74.8 cm³/mol. The molecule has 2 aromatic carbocycles. The van der Waals surface area contributed by atoms with Gasteiger partial charge in [-0.25, -0.2) is 0 Å². The van der Waals surface area contributed by atoms with Crippen LogP contribution in [-0.2, 0) is 0 Å². The van der Waals surface area contributed by atoms with Gasteiger partial charge in [0.15, 0.2) is 5.43 Å². The summed E-state index contributed by atoms with van der Waals surface area (Å²) in [6.07, 6.45) is 0. The molecular weight excluding hydrogens is 313 g/mol. The molecule has 1 aromatic heterocycles. The number of pyridine rings is 1. The highest BCUT2D eigenvalue weighted by atomic mass is 127. The molecule has 16 heavy (non-hydrogen) atoms. The van der Waals surface area contributed by atoms with E-state index in [1.807, 2.05) is 42.5 Å². The second-order valence-corrected chi connectivity index (χ2v) is 4.94. The standard InChI is InChI=1S/C13H8INO/c14-8-5-6-10-12(7-8)15-11-4-2-1-3-9(11)13(10)16/h1-7H,(H,15,16). The molecule has 3 heteroatoms. The summed E-state index contributed by atoms with van der Waals surface area (Å²) in [7, 11) is 0. The van der Waals surface area contributed by atoms with Crippen LogP contribution in [-0.4, -0.2) is 4.98 Å². The molecule has 1 N–H and O–H groups in total. The van der Waals surface area contributed by atoms with Crippen molar-refractivity contribution in [3.63, 3.8) is 0 Å². The highest BCUT2D eigenvalue weighted by Crippen LogP contribution is 2.16. The molecule has 0 saturated carbocycles. The second kappa shape index (κ2) is 3.59. The number of hydrogen-bond acceptors (Lipinski definition) is 1. The summed E-state index contributed by atoms with van der Waals surface area (Å²) in [6, 6.07) is 13.4. The number of H-pyrrole nitrogens is 1. The predicted octanol–water partition coefficient (Wildman–Crippen LogP) is 3.29. The second-order valence-electron chi connectivity index (χ2n) is 3.69. The van der Waals surface area contributed by atoms with E-state index in [1.165, 1.54) is 0 Å². The first-order valence-corrected chi connectivity index (χ1v) is 6.04. The van der Waals surface area contributed by atoms with Crippen molar-refractivity contribution >= 4 is 44.4 Å². The van der Waals surface area contributed by atoms with Crippen LogP contribution in [0.3, 0.4) is 0 Å². The molecule has 0 aliphatic carbocycles. The van der Waals surface area contributed by atoms with E-state index in [0.717, 1.165) is 25.4 Å². The SMILES string of the molecule is O=c1c2ccccc2[nH]c2cc(I)ccc12. The molecule has 3 rings (SSSR count). The van der Waals surface area contributed by atoms with Crippen molar-refractivity contribution in [1.29, 1.82) is 0 Å². The third kappa shape index (κ3) is 1.43. The maximum absolute atomic E-state index is 12.2. The minimum atomic E-state index is 0.0979. The monoisotopic (exact) mass is 321 g/mol. The Bertz CT molecular complexity index is 746. The van der Waals surface area contributed by atoms with E-state index in [2.05, 4.69) is 27.6 Å². The summed E-state index contributed by atoms with van der Waals surface area (Å²) in [5, 5.41) is 1.50. The molecule has 0 fully saturated rings. The summed E-state index contributed by atoms with van der Waals surface area (Å²) < 4.78 is 1.12. The van der Waals surface area contributed by atoms with Crippen LogP contribution in [0.2, 0.25) is 0 Å². The number of nitrogens with one attached hydrogen (secondary N) is 1. The molecule has 0 bridgehead atoms. The van der Waals surface area contributed by atoms with Crippen LogP contribution >= 0.6 is 22.6 Å². The molecule has 0 aliphatic heterocycles. The van der Waals surface area contributed by atoms with Gasteiger partial charge in [-0.2, -0.15) is 0 Å². The molecular formula is C13H8INO. The topological polar surface area (TPSA) is 32.9 Å². The zero-order chi connectivity index (χ0) is 11.1. The summed E-state index contributed by atoms with van der Waals surface area (Å²) in [6.45, 7) is 0. The molecule has 2 nitrogen and oxygen atoms in total. The van der Waals surface area contributed by atoms with Crippen LogP contribution in [0.1, 0.15) is 0 Å². The zero-order valence-electron chi connectivity index (χ0n) is 8.33. The minimum Gasteiger partial charge on any atom is -0.354 e. The van der Waals surface area contributed by atoms with Crippen molar-refractivity contribution in [3.8, 4) is 0 Å². The lowest BCUT2D eigenvalue weighted by atomic mass is 10.1. The number of fused-ring (bicyclic) bond motifs is 2. The van der Waals surface area contributed by atoms with Gasteiger partial charge in [-0.05, 0) is 52.9 Å². The molecule has 1 heterocycles. The molecule has 0 amide bonds. The number of aromatic amines is 1. The van der Waals surface area contributed by atoms with E-state index >= 15 is 0 Å². The van der Waals surface area contributed by atoms with Gasteiger partial charge in [-0.1, -0.05) is 12.1 Å². The highest BCUT2D eigenvalue weighted by molar-refractivity contribution is 14.1. The Morgan fingerprint density at radius 1 is 0.938 bits per heavy atom. The smallest absolute Gasteiger partial charge is 0.197 e. The maximum Gasteiger partial charge on any atom is 0.197 e. The maximum atomic E-state index is 12.2. The summed E-state index contributed by atoms with van der Waals surface area (Å²) in [4.78, 5) is 15.5. The van der Waals surface area contributed by atoms with E-state index in [4.69, 9.17) is 0 Å². The van der Waals surface area contributed by atoms with Crippen LogP contribution in [0.4, 0.5) is 0 Å². The Labute approximate surface area is 105 Å². The van der Waals surface area contributed by atoms with Gasteiger partial charge in [0.25, 0.3) is 0 Å². The lowest BCUT2D eigenvalue weighted by Crippen LogP contribution is -2.03. The molecule has 3 aromatic rings. The van der Waals surface area contributed by atoms with Crippen LogP contribution in [0, 0.1) is 3.57 Å². The summed E-state index contributed by atoms with van der Waals surface area (Å²) >= 11 is 2.24. The van der Waals surface area contributed by atoms with Crippen molar-refractivity contribution < 1.29 is 0 Å². The molecule has 0 atom stereocenters.